The van der Waals surface area contributed by atoms with Crippen molar-refractivity contribution in [2.24, 2.45) is 0 Å². The highest BCUT2D eigenvalue weighted by Crippen LogP contribution is 2.24. The van der Waals surface area contributed by atoms with E-state index in [4.69, 9.17) is 4.74 Å². The number of ether oxygens (including phenoxy) is 1. The highest BCUT2D eigenvalue weighted by Gasteiger charge is 2.23. The van der Waals surface area contributed by atoms with E-state index in [0.29, 0.717) is 31.0 Å². The largest absolute Gasteiger partial charge is 0.372 e. The van der Waals surface area contributed by atoms with Gasteiger partial charge in [-0.1, -0.05) is 30.3 Å². The normalized spacial score (nSPS) is 17.6. The van der Waals surface area contributed by atoms with Gasteiger partial charge in [0.2, 0.25) is 0 Å². The van der Waals surface area contributed by atoms with Crippen molar-refractivity contribution >= 4 is 11.8 Å². The summed E-state index contributed by atoms with van der Waals surface area (Å²) in [7, 11) is 1.55. The molecule has 1 unspecified atom stereocenters. The number of amides is 2. The standard InChI is InChI=1S/C19H21N3O3/c1-20-18(23)16-8-7-15(13-21-16)19(24)22-10-9-17(25-12-11-22)14-5-3-2-4-6-14/h2-8,13,17H,9-12H2,1H3,(H,20,23). The summed E-state index contributed by atoms with van der Waals surface area (Å²) in [4.78, 5) is 30.0. The van der Waals surface area contributed by atoms with Crippen LogP contribution in [0.2, 0.25) is 0 Å². The van der Waals surface area contributed by atoms with Gasteiger partial charge in [0, 0.05) is 26.3 Å². The fraction of sp³-hybridized carbons (Fsp3) is 0.316. The summed E-state index contributed by atoms with van der Waals surface area (Å²) >= 11 is 0. The Labute approximate surface area is 146 Å². The Kier molecular flexibility index (Phi) is 5.40. The SMILES string of the molecule is CNC(=O)c1ccc(C(=O)N2CCOC(c3ccccc3)CC2)cn1. The average molecular weight is 339 g/mol. The minimum atomic E-state index is -0.270. The molecule has 1 aliphatic heterocycles. The molecule has 0 spiro atoms. The van der Waals surface area contributed by atoms with Gasteiger partial charge in [0.15, 0.2) is 0 Å². The molecule has 0 saturated carbocycles. The van der Waals surface area contributed by atoms with E-state index in [1.54, 1.807) is 24.1 Å². The van der Waals surface area contributed by atoms with E-state index in [9.17, 15) is 9.59 Å². The second-order valence-electron chi connectivity index (χ2n) is 5.86. The number of benzene rings is 1. The number of nitrogens with zero attached hydrogens (tertiary/aromatic N) is 2. The summed E-state index contributed by atoms with van der Waals surface area (Å²) in [6.45, 7) is 1.66. The summed E-state index contributed by atoms with van der Waals surface area (Å²) in [6.07, 6.45) is 2.21. The Hall–Kier alpha value is -2.73. The van der Waals surface area contributed by atoms with Crippen LogP contribution in [0.5, 0.6) is 0 Å². The molecule has 25 heavy (non-hydrogen) atoms. The first kappa shape index (κ1) is 17.1. The molecule has 1 aromatic carbocycles. The van der Waals surface area contributed by atoms with Gasteiger partial charge in [-0.2, -0.15) is 0 Å². The number of carbonyl (C=O) groups is 2. The minimum absolute atomic E-state index is 0.00718. The molecule has 2 amide bonds. The number of rotatable bonds is 3. The summed E-state index contributed by atoms with van der Waals surface area (Å²) in [5.74, 6) is -0.360. The maximum atomic E-state index is 12.7. The molecule has 1 aliphatic rings. The van der Waals surface area contributed by atoms with Crippen LogP contribution >= 0.6 is 0 Å². The van der Waals surface area contributed by atoms with Crippen molar-refractivity contribution in [2.75, 3.05) is 26.7 Å². The van der Waals surface area contributed by atoms with Crippen LogP contribution in [0, 0.1) is 0 Å². The zero-order chi connectivity index (χ0) is 17.6. The molecular formula is C19H21N3O3. The number of carbonyl (C=O) groups excluding carboxylic acids is 2. The Bertz CT molecular complexity index is 731. The van der Waals surface area contributed by atoms with Gasteiger partial charge in [-0.05, 0) is 24.1 Å². The molecule has 2 heterocycles. The third-order valence-corrected chi connectivity index (χ3v) is 4.27. The third-order valence-electron chi connectivity index (χ3n) is 4.27. The minimum Gasteiger partial charge on any atom is -0.372 e. The molecule has 0 radical (unpaired) electrons. The van der Waals surface area contributed by atoms with Crippen LogP contribution in [0.15, 0.2) is 48.7 Å². The molecule has 2 aromatic rings. The smallest absolute Gasteiger partial charge is 0.269 e. The van der Waals surface area contributed by atoms with Gasteiger partial charge in [0.05, 0.1) is 18.3 Å². The summed E-state index contributed by atoms with van der Waals surface area (Å²) in [5, 5.41) is 2.51. The molecule has 1 aromatic heterocycles. The van der Waals surface area contributed by atoms with Crippen molar-refractivity contribution in [2.45, 2.75) is 12.5 Å². The monoisotopic (exact) mass is 339 g/mol. The van der Waals surface area contributed by atoms with E-state index in [1.165, 1.54) is 6.20 Å². The number of nitrogens with one attached hydrogen (secondary N) is 1. The Morgan fingerprint density at radius 3 is 2.64 bits per heavy atom. The molecule has 0 bridgehead atoms. The molecule has 1 atom stereocenters. The maximum absolute atomic E-state index is 12.7. The van der Waals surface area contributed by atoms with Gasteiger partial charge in [-0.3, -0.25) is 14.6 Å². The zero-order valence-electron chi connectivity index (χ0n) is 14.1. The van der Waals surface area contributed by atoms with E-state index in [2.05, 4.69) is 10.3 Å². The summed E-state index contributed by atoms with van der Waals surface area (Å²) < 4.78 is 5.91. The van der Waals surface area contributed by atoms with E-state index in [1.807, 2.05) is 30.3 Å². The van der Waals surface area contributed by atoms with Crippen molar-refractivity contribution < 1.29 is 14.3 Å². The molecule has 0 aliphatic carbocycles. The lowest BCUT2D eigenvalue weighted by atomic mass is 10.1. The predicted octanol–water partition coefficient (Wildman–Crippen LogP) is 2.04. The highest BCUT2D eigenvalue weighted by atomic mass is 16.5. The number of hydrogen-bond acceptors (Lipinski definition) is 4. The first-order valence-corrected chi connectivity index (χ1v) is 8.33. The van der Waals surface area contributed by atoms with Crippen LogP contribution in [0.25, 0.3) is 0 Å². The molecule has 3 rings (SSSR count). The van der Waals surface area contributed by atoms with Gasteiger partial charge in [0.1, 0.15) is 5.69 Å². The number of hydrogen-bond donors (Lipinski definition) is 1. The Morgan fingerprint density at radius 2 is 1.96 bits per heavy atom. The quantitative estimate of drug-likeness (QED) is 0.929. The van der Waals surface area contributed by atoms with Gasteiger partial charge in [-0.15, -0.1) is 0 Å². The van der Waals surface area contributed by atoms with Crippen LogP contribution in [0.4, 0.5) is 0 Å². The highest BCUT2D eigenvalue weighted by molar-refractivity contribution is 5.96. The first-order chi connectivity index (χ1) is 12.2. The van der Waals surface area contributed by atoms with Crippen LogP contribution in [-0.4, -0.2) is 48.4 Å². The lowest BCUT2D eigenvalue weighted by Gasteiger charge is -2.19. The molecule has 6 nitrogen and oxygen atoms in total. The average Bonchev–Trinajstić information content (AvgIpc) is 2.94. The van der Waals surface area contributed by atoms with Gasteiger partial charge >= 0.3 is 0 Å². The third kappa shape index (κ3) is 4.03. The van der Waals surface area contributed by atoms with Crippen LogP contribution < -0.4 is 5.32 Å². The van der Waals surface area contributed by atoms with Crippen LogP contribution in [-0.2, 0) is 4.74 Å². The van der Waals surface area contributed by atoms with Crippen molar-refractivity contribution in [3.8, 4) is 0 Å². The molecular weight excluding hydrogens is 318 g/mol. The lowest BCUT2D eigenvalue weighted by Crippen LogP contribution is -2.33. The summed E-state index contributed by atoms with van der Waals surface area (Å²) in [5.41, 5.74) is 1.90. The van der Waals surface area contributed by atoms with Gasteiger partial charge in [0.25, 0.3) is 11.8 Å². The molecule has 130 valence electrons. The van der Waals surface area contributed by atoms with E-state index in [0.717, 1.165) is 12.0 Å². The van der Waals surface area contributed by atoms with E-state index < -0.39 is 0 Å². The van der Waals surface area contributed by atoms with Gasteiger partial charge < -0.3 is 15.0 Å². The van der Waals surface area contributed by atoms with Crippen molar-refractivity contribution in [1.82, 2.24) is 15.2 Å². The maximum Gasteiger partial charge on any atom is 0.269 e. The molecule has 6 heteroatoms. The van der Waals surface area contributed by atoms with Crippen LogP contribution in [0.3, 0.4) is 0 Å². The molecule has 1 saturated heterocycles. The lowest BCUT2D eigenvalue weighted by molar-refractivity contribution is 0.0585. The Balaban J connectivity index is 1.66. The second-order valence-corrected chi connectivity index (χ2v) is 5.86. The van der Waals surface area contributed by atoms with Gasteiger partial charge in [-0.25, -0.2) is 0 Å². The topological polar surface area (TPSA) is 71.5 Å². The summed E-state index contributed by atoms with van der Waals surface area (Å²) in [6, 6.07) is 13.3. The number of aromatic nitrogens is 1. The molecule has 1 N–H and O–H groups in total. The number of pyridine rings is 1. The van der Waals surface area contributed by atoms with Crippen molar-refractivity contribution in [3.63, 3.8) is 0 Å². The zero-order valence-corrected chi connectivity index (χ0v) is 14.1. The second kappa shape index (κ2) is 7.90. The van der Waals surface area contributed by atoms with Crippen molar-refractivity contribution in [3.05, 3.63) is 65.5 Å². The van der Waals surface area contributed by atoms with E-state index in [-0.39, 0.29) is 17.9 Å². The fourth-order valence-electron chi connectivity index (χ4n) is 2.87. The molecule has 1 fully saturated rings. The van der Waals surface area contributed by atoms with E-state index >= 15 is 0 Å². The van der Waals surface area contributed by atoms with Crippen molar-refractivity contribution in [1.29, 1.82) is 0 Å². The van der Waals surface area contributed by atoms with Crippen LogP contribution in [0.1, 0.15) is 38.9 Å². The predicted molar refractivity (Wildman–Crippen MR) is 93.3 cm³/mol. The fourth-order valence-corrected chi connectivity index (χ4v) is 2.87. The first-order valence-electron chi connectivity index (χ1n) is 8.33. The Morgan fingerprint density at radius 1 is 1.16 bits per heavy atom.